The van der Waals surface area contributed by atoms with Crippen molar-refractivity contribution in [3.8, 4) is 0 Å². The fourth-order valence-electron chi connectivity index (χ4n) is 2.54. The smallest absolute Gasteiger partial charge is 0.221 e. The standard InChI is InChI=1S/C13H26N2O/c1-4-14-11(3)8-13(16)15-9-12-6-5-10(2)7-12/h10-12,14H,4-9H2,1-3H3,(H,15,16). The lowest BCUT2D eigenvalue weighted by Gasteiger charge is -2.14. The van der Waals surface area contributed by atoms with Gasteiger partial charge in [-0.3, -0.25) is 4.79 Å². The van der Waals surface area contributed by atoms with Crippen LogP contribution in [0.15, 0.2) is 0 Å². The molecule has 1 saturated carbocycles. The van der Waals surface area contributed by atoms with Gasteiger partial charge in [0.25, 0.3) is 0 Å². The molecule has 1 fully saturated rings. The summed E-state index contributed by atoms with van der Waals surface area (Å²) in [7, 11) is 0. The molecule has 3 atom stereocenters. The molecule has 0 aromatic rings. The van der Waals surface area contributed by atoms with E-state index >= 15 is 0 Å². The maximum atomic E-state index is 11.6. The van der Waals surface area contributed by atoms with Crippen LogP contribution >= 0.6 is 0 Å². The molecule has 94 valence electrons. The van der Waals surface area contributed by atoms with E-state index in [1.165, 1.54) is 19.3 Å². The van der Waals surface area contributed by atoms with Crippen LogP contribution in [0.4, 0.5) is 0 Å². The van der Waals surface area contributed by atoms with Gasteiger partial charge in [0.05, 0.1) is 0 Å². The Balaban J connectivity index is 2.10. The Morgan fingerprint density at radius 3 is 2.75 bits per heavy atom. The monoisotopic (exact) mass is 226 g/mol. The first-order valence-corrected chi connectivity index (χ1v) is 6.61. The minimum Gasteiger partial charge on any atom is -0.356 e. The number of amides is 1. The third kappa shape index (κ3) is 4.97. The predicted molar refractivity (Wildman–Crippen MR) is 67.3 cm³/mol. The average molecular weight is 226 g/mol. The van der Waals surface area contributed by atoms with Crippen molar-refractivity contribution in [1.82, 2.24) is 10.6 Å². The van der Waals surface area contributed by atoms with Crippen molar-refractivity contribution in [1.29, 1.82) is 0 Å². The number of carbonyl (C=O) groups is 1. The first-order chi connectivity index (χ1) is 7.61. The lowest BCUT2D eigenvalue weighted by Crippen LogP contribution is -2.35. The van der Waals surface area contributed by atoms with E-state index in [9.17, 15) is 4.79 Å². The van der Waals surface area contributed by atoms with Crippen LogP contribution in [-0.4, -0.2) is 25.0 Å². The van der Waals surface area contributed by atoms with Crippen molar-refractivity contribution in [3.63, 3.8) is 0 Å². The maximum Gasteiger partial charge on any atom is 0.221 e. The minimum absolute atomic E-state index is 0.188. The first kappa shape index (κ1) is 13.5. The molecule has 3 heteroatoms. The molecule has 0 saturated heterocycles. The van der Waals surface area contributed by atoms with E-state index < -0.39 is 0 Å². The molecule has 1 rings (SSSR count). The maximum absolute atomic E-state index is 11.6. The highest BCUT2D eigenvalue weighted by atomic mass is 16.1. The summed E-state index contributed by atoms with van der Waals surface area (Å²) in [5.41, 5.74) is 0. The zero-order valence-corrected chi connectivity index (χ0v) is 10.9. The van der Waals surface area contributed by atoms with Crippen LogP contribution in [0.25, 0.3) is 0 Å². The molecule has 16 heavy (non-hydrogen) atoms. The quantitative estimate of drug-likeness (QED) is 0.726. The molecule has 3 unspecified atom stereocenters. The molecule has 0 aromatic carbocycles. The highest BCUT2D eigenvalue weighted by Crippen LogP contribution is 2.29. The highest BCUT2D eigenvalue weighted by molar-refractivity contribution is 5.76. The topological polar surface area (TPSA) is 41.1 Å². The molecule has 2 N–H and O–H groups in total. The van der Waals surface area contributed by atoms with Gasteiger partial charge in [-0.1, -0.05) is 20.3 Å². The molecule has 0 heterocycles. The van der Waals surface area contributed by atoms with Gasteiger partial charge in [0.1, 0.15) is 0 Å². The Labute approximate surface area is 99.4 Å². The summed E-state index contributed by atoms with van der Waals surface area (Å²) < 4.78 is 0. The van der Waals surface area contributed by atoms with Crippen LogP contribution in [0.3, 0.4) is 0 Å². The summed E-state index contributed by atoms with van der Waals surface area (Å²) >= 11 is 0. The molecule has 0 radical (unpaired) electrons. The van der Waals surface area contributed by atoms with Crippen molar-refractivity contribution >= 4 is 5.91 Å². The summed E-state index contributed by atoms with van der Waals surface area (Å²) in [5, 5.41) is 6.31. The Hall–Kier alpha value is -0.570. The van der Waals surface area contributed by atoms with Crippen LogP contribution in [0.2, 0.25) is 0 Å². The van der Waals surface area contributed by atoms with Gasteiger partial charge in [-0.05, 0) is 38.1 Å². The zero-order chi connectivity index (χ0) is 12.0. The Morgan fingerprint density at radius 2 is 2.19 bits per heavy atom. The number of hydrogen-bond acceptors (Lipinski definition) is 2. The van der Waals surface area contributed by atoms with Gasteiger partial charge >= 0.3 is 0 Å². The first-order valence-electron chi connectivity index (χ1n) is 6.61. The third-order valence-corrected chi connectivity index (χ3v) is 3.44. The summed E-state index contributed by atoms with van der Waals surface area (Å²) in [6, 6.07) is 0.285. The van der Waals surface area contributed by atoms with Crippen LogP contribution in [-0.2, 0) is 4.79 Å². The zero-order valence-electron chi connectivity index (χ0n) is 10.9. The van der Waals surface area contributed by atoms with Gasteiger partial charge in [-0.15, -0.1) is 0 Å². The molecular formula is C13H26N2O. The molecule has 1 amide bonds. The molecule has 0 spiro atoms. The largest absolute Gasteiger partial charge is 0.356 e. The molecular weight excluding hydrogens is 200 g/mol. The van der Waals surface area contributed by atoms with Crippen LogP contribution in [0.5, 0.6) is 0 Å². The molecule has 3 nitrogen and oxygen atoms in total. The normalized spacial score (nSPS) is 26.7. The Morgan fingerprint density at radius 1 is 1.44 bits per heavy atom. The van der Waals surface area contributed by atoms with E-state index in [1.54, 1.807) is 0 Å². The Kier molecular flexibility index (Phi) is 5.81. The lowest BCUT2D eigenvalue weighted by atomic mass is 10.1. The SMILES string of the molecule is CCNC(C)CC(=O)NCC1CCC(C)C1. The van der Waals surface area contributed by atoms with Gasteiger partial charge in [0.2, 0.25) is 5.91 Å². The van der Waals surface area contributed by atoms with E-state index in [0.717, 1.165) is 19.0 Å². The number of carbonyl (C=O) groups excluding carboxylic acids is 1. The number of nitrogens with one attached hydrogen (secondary N) is 2. The van der Waals surface area contributed by atoms with Crippen molar-refractivity contribution in [2.24, 2.45) is 11.8 Å². The summed E-state index contributed by atoms with van der Waals surface area (Å²) in [6.07, 6.45) is 4.48. The van der Waals surface area contributed by atoms with Gasteiger partial charge in [-0.2, -0.15) is 0 Å². The number of hydrogen-bond donors (Lipinski definition) is 2. The van der Waals surface area contributed by atoms with Crippen molar-refractivity contribution in [2.45, 2.75) is 52.5 Å². The fourth-order valence-corrected chi connectivity index (χ4v) is 2.54. The summed E-state index contributed by atoms with van der Waals surface area (Å²) in [4.78, 5) is 11.6. The average Bonchev–Trinajstić information content (AvgIpc) is 2.61. The molecule has 0 aromatic heterocycles. The van der Waals surface area contributed by atoms with Crippen molar-refractivity contribution in [2.75, 3.05) is 13.1 Å². The summed E-state index contributed by atoms with van der Waals surface area (Å²) in [6.45, 7) is 8.22. The van der Waals surface area contributed by atoms with Crippen LogP contribution in [0.1, 0.15) is 46.5 Å². The van der Waals surface area contributed by atoms with Gasteiger partial charge < -0.3 is 10.6 Å². The van der Waals surface area contributed by atoms with Gasteiger partial charge in [0.15, 0.2) is 0 Å². The fraction of sp³-hybridized carbons (Fsp3) is 0.923. The second kappa shape index (κ2) is 6.89. The van der Waals surface area contributed by atoms with Crippen LogP contribution < -0.4 is 10.6 Å². The predicted octanol–water partition coefficient (Wildman–Crippen LogP) is 1.93. The van der Waals surface area contributed by atoms with E-state index in [1.807, 2.05) is 0 Å². The van der Waals surface area contributed by atoms with Crippen molar-refractivity contribution < 1.29 is 4.79 Å². The second-order valence-corrected chi connectivity index (χ2v) is 5.25. The van der Waals surface area contributed by atoms with E-state index in [2.05, 4.69) is 31.4 Å². The molecule has 0 bridgehead atoms. The van der Waals surface area contributed by atoms with E-state index in [-0.39, 0.29) is 11.9 Å². The number of rotatable bonds is 6. The molecule has 1 aliphatic rings. The Bertz CT molecular complexity index is 218. The second-order valence-electron chi connectivity index (χ2n) is 5.25. The van der Waals surface area contributed by atoms with Gasteiger partial charge in [-0.25, -0.2) is 0 Å². The van der Waals surface area contributed by atoms with E-state index in [4.69, 9.17) is 0 Å². The third-order valence-electron chi connectivity index (χ3n) is 3.44. The van der Waals surface area contributed by atoms with E-state index in [0.29, 0.717) is 12.3 Å². The van der Waals surface area contributed by atoms with Crippen molar-refractivity contribution in [3.05, 3.63) is 0 Å². The summed E-state index contributed by atoms with van der Waals surface area (Å²) in [5.74, 6) is 1.75. The van der Waals surface area contributed by atoms with Crippen LogP contribution in [0, 0.1) is 11.8 Å². The minimum atomic E-state index is 0.188. The lowest BCUT2D eigenvalue weighted by molar-refractivity contribution is -0.121. The molecule has 0 aliphatic heterocycles. The molecule has 1 aliphatic carbocycles. The van der Waals surface area contributed by atoms with Gasteiger partial charge in [0, 0.05) is 19.0 Å². The highest BCUT2D eigenvalue weighted by Gasteiger charge is 2.21.